The van der Waals surface area contributed by atoms with E-state index in [0.717, 1.165) is 0 Å². The molecule has 0 unspecified atom stereocenters. The van der Waals surface area contributed by atoms with Crippen LogP contribution in [0.3, 0.4) is 0 Å². The predicted octanol–water partition coefficient (Wildman–Crippen LogP) is 5.50. The van der Waals surface area contributed by atoms with Gasteiger partial charge in [-0.3, -0.25) is 9.36 Å². The van der Waals surface area contributed by atoms with Crippen molar-refractivity contribution < 1.29 is 23.5 Å². The highest BCUT2D eigenvalue weighted by Gasteiger charge is 2.25. The van der Waals surface area contributed by atoms with Crippen LogP contribution in [0.1, 0.15) is 26.6 Å². The van der Waals surface area contributed by atoms with Crippen LogP contribution in [-0.2, 0) is 0 Å². The van der Waals surface area contributed by atoms with Crippen LogP contribution in [0, 0.1) is 12.7 Å². The number of aromatic nitrogens is 1. The molecule has 7 heteroatoms. The zero-order chi connectivity index (χ0) is 20.0. The molecule has 0 saturated carbocycles. The Morgan fingerprint density at radius 3 is 2.57 bits per heavy atom. The zero-order valence-electron chi connectivity index (χ0n) is 14.6. The second-order valence-electron chi connectivity index (χ2n) is 6.21. The van der Waals surface area contributed by atoms with Gasteiger partial charge in [0.25, 0.3) is 5.91 Å². The van der Waals surface area contributed by atoms with Crippen LogP contribution in [0.15, 0.2) is 63.5 Å². The third-order valence-electron chi connectivity index (χ3n) is 4.54. The van der Waals surface area contributed by atoms with Gasteiger partial charge in [0.15, 0.2) is 5.76 Å². The van der Waals surface area contributed by atoms with Crippen molar-refractivity contribution in [2.45, 2.75) is 6.92 Å². The topological polar surface area (TPSA) is 72.4 Å². The molecule has 0 aliphatic rings. The number of halogens is 2. The number of fused-ring (bicyclic) bond motifs is 1. The maximum atomic E-state index is 14.2. The SMILES string of the molecule is Cc1c(C(=O)O)c2ccccc2n1C(=O)c1ccc(-c2ccc(Br)cc2F)o1. The number of carboxylic acids is 1. The summed E-state index contributed by atoms with van der Waals surface area (Å²) in [5.74, 6) is -1.93. The van der Waals surface area contributed by atoms with Crippen molar-refractivity contribution in [1.82, 2.24) is 4.57 Å². The fourth-order valence-corrected chi connectivity index (χ4v) is 3.63. The molecule has 0 radical (unpaired) electrons. The monoisotopic (exact) mass is 441 g/mol. The zero-order valence-corrected chi connectivity index (χ0v) is 16.2. The Labute approximate surface area is 167 Å². The maximum absolute atomic E-state index is 14.2. The standard InChI is InChI=1S/C21H13BrFNO4/c1-11-19(21(26)27)14-4-2-3-5-16(14)24(11)20(25)18-9-8-17(28-18)13-7-6-12(22)10-15(13)23/h2-10H,1H3,(H,26,27). The lowest BCUT2D eigenvalue weighted by Crippen LogP contribution is -2.13. The normalized spacial score (nSPS) is 11.1. The van der Waals surface area contributed by atoms with E-state index in [1.54, 1.807) is 43.3 Å². The summed E-state index contributed by atoms with van der Waals surface area (Å²) < 4.78 is 21.7. The lowest BCUT2D eigenvalue weighted by Gasteiger charge is -2.05. The average molecular weight is 442 g/mol. The molecule has 2 aromatic carbocycles. The minimum Gasteiger partial charge on any atom is -0.478 e. The van der Waals surface area contributed by atoms with Gasteiger partial charge in [0, 0.05) is 15.6 Å². The summed E-state index contributed by atoms with van der Waals surface area (Å²) in [5.41, 5.74) is 1.05. The first-order chi connectivity index (χ1) is 13.4. The van der Waals surface area contributed by atoms with Gasteiger partial charge in [0.05, 0.1) is 16.6 Å². The van der Waals surface area contributed by atoms with E-state index < -0.39 is 17.7 Å². The molecule has 0 aliphatic carbocycles. The molecule has 140 valence electrons. The number of para-hydroxylation sites is 1. The molecule has 0 spiro atoms. The van der Waals surface area contributed by atoms with Gasteiger partial charge >= 0.3 is 5.97 Å². The molecule has 2 aromatic heterocycles. The summed E-state index contributed by atoms with van der Waals surface area (Å²) in [7, 11) is 0. The molecule has 0 atom stereocenters. The largest absolute Gasteiger partial charge is 0.478 e. The van der Waals surface area contributed by atoms with E-state index in [0.29, 0.717) is 21.1 Å². The summed E-state index contributed by atoms with van der Waals surface area (Å²) in [6.07, 6.45) is 0. The molecule has 0 amide bonds. The molecule has 0 bridgehead atoms. The number of carbonyl (C=O) groups excluding carboxylic acids is 1. The second-order valence-corrected chi connectivity index (χ2v) is 7.13. The van der Waals surface area contributed by atoms with Crippen LogP contribution in [0.25, 0.3) is 22.2 Å². The lowest BCUT2D eigenvalue weighted by atomic mass is 10.1. The molecular formula is C21H13BrFNO4. The number of carbonyl (C=O) groups is 2. The van der Waals surface area contributed by atoms with Gasteiger partial charge in [-0.15, -0.1) is 0 Å². The summed E-state index contributed by atoms with van der Waals surface area (Å²) in [6, 6.07) is 14.3. The van der Waals surface area contributed by atoms with Crippen molar-refractivity contribution in [3.8, 4) is 11.3 Å². The quantitative estimate of drug-likeness (QED) is 0.455. The van der Waals surface area contributed by atoms with Crippen molar-refractivity contribution in [3.05, 3.63) is 81.9 Å². The first-order valence-corrected chi connectivity index (χ1v) is 9.11. The predicted molar refractivity (Wildman–Crippen MR) is 105 cm³/mol. The Bertz CT molecular complexity index is 1250. The maximum Gasteiger partial charge on any atom is 0.338 e. The summed E-state index contributed by atoms with van der Waals surface area (Å²) in [5, 5.41) is 10.0. The van der Waals surface area contributed by atoms with Gasteiger partial charge in [0.1, 0.15) is 11.6 Å². The van der Waals surface area contributed by atoms with E-state index >= 15 is 0 Å². The third-order valence-corrected chi connectivity index (χ3v) is 5.04. The molecule has 0 saturated heterocycles. The number of aromatic carboxylic acids is 1. The fourth-order valence-electron chi connectivity index (χ4n) is 3.30. The third kappa shape index (κ3) is 2.84. The van der Waals surface area contributed by atoms with Crippen molar-refractivity contribution >= 4 is 38.7 Å². The highest BCUT2D eigenvalue weighted by Crippen LogP contribution is 2.30. The van der Waals surface area contributed by atoms with E-state index in [9.17, 15) is 19.1 Å². The van der Waals surface area contributed by atoms with Crippen LogP contribution >= 0.6 is 15.9 Å². The Morgan fingerprint density at radius 2 is 1.86 bits per heavy atom. The Kier molecular flexibility index (Phi) is 4.39. The second kappa shape index (κ2) is 6.76. The molecule has 28 heavy (non-hydrogen) atoms. The molecule has 5 nitrogen and oxygen atoms in total. The van der Waals surface area contributed by atoms with Crippen LogP contribution in [-0.4, -0.2) is 21.6 Å². The Balaban J connectivity index is 1.83. The smallest absolute Gasteiger partial charge is 0.338 e. The minimum atomic E-state index is -1.11. The van der Waals surface area contributed by atoms with Gasteiger partial charge < -0.3 is 9.52 Å². The highest BCUT2D eigenvalue weighted by molar-refractivity contribution is 9.10. The number of hydrogen-bond acceptors (Lipinski definition) is 3. The lowest BCUT2D eigenvalue weighted by molar-refractivity contribution is 0.0698. The number of carboxylic acid groups (broad SMARTS) is 1. The number of nitrogens with zero attached hydrogens (tertiary/aromatic N) is 1. The van der Waals surface area contributed by atoms with Crippen LogP contribution in [0.5, 0.6) is 0 Å². The van der Waals surface area contributed by atoms with E-state index in [1.807, 2.05) is 0 Å². The first-order valence-electron chi connectivity index (χ1n) is 8.31. The molecular weight excluding hydrogens is 429 g/mol. The number of hydrogen-bond donors (Lipinski definition) is 1. The van der Waals surface area contributed by atoms with Crippen molar-refractivity contribution in [2.24, 2.45) is 0 Å². The minimum absolute atomic E-state index is 0.0156. The highest BCUT2D eigenvalue weighted by atomic mass is 79.9. The summed E-state index contributed by atoms with van der Waals surface area (Å²) in [4.78, 5) is 24.7. The molecule has 0 fully saturated rings. The number of benzene rings is 2. The van der Waals surface area contributed by atoms with Gasteiger partial charge in [-0.05, 0) is 43.3 Å². The van der Waals surface area contributed by atoms with Crippen molar-refractivity contribution in [1.29, 1.82) is 0 Å². The first kappa shape index (κ1) is 18.2. The van der Waals surface area contributed by atoms with Crippen LogP contribution in [0.2, 0.25) is 0 Å². The average Bonchev–Trinajstić information content (AvgIpc) is 3.23. The van der Waals surface area contributed by atoms with E-state index in [2.05, 4.69) is 15.9 Å². The molecule has 0 aliphatic heterocycles. The summed E-state index contributed by atoms with van der Waals surface area (Å²) >= 11 is 3.20. The van der Waals surface area contributed by atoms with Gasteiger partial charge in [-0.2, -0.15) is 0 Å². The van der Waals surface area contributed by atoms with Crippen molar-refractivity contribution in [2.75, 3.05) is 0 Å². The fraction of sp³-hybridized carbons (Fsp3) is 0.0476. The summed E-state index contributed by atoms with van der Waals surface area (Å²) in [6.45, 7) is 1.57. The number of furan rings is 1. The molecule has 1 N–H and O–H groups in total. The van der Waals surface area contributed by atoms with Crippen molar-refractivity contribution in [3.63, 3.8) is 0 Å². The molecule has 2 heterocycles. The Morgan fingerprint density at radius 1 is 1.11 bits per heavy atom. The van der Waals surface area contributed by atoms with E-state index in [1.165, 1.54) is 22.8 Å². The number of rotatable bonds is 3. The van der Waals surface area contributed by atoms with Gasteiger partial charge in [0.2, 0.25) is 0 Å². The van der Waals surface area contributed by atoms with Gasteiger partial charge in [-0.1, -0.05) is 34.1 Å². The molecule has 4 rings (SSSR count). The van der Waals surface area contributed by atoms with E-state index in [-0.39, 0.29) is 22.6 Å². The van der Waals surface area contributed by atoms with Gasteiger partial charge in [-0.25, -0.2) is 9.18 Å². The molecule has 4 aromatic rings. The Hall–Kier alpha value is -3.19. The van der Waals surface area contributed by atoms with Crippen LogP contribution in [0.4, 0.5) is 4.39 Å². The van der Waals surface area contributed by atoms with E-state index in [4.69, 9.17) is 4.42 Å². The van der Waals surface area contributed by atoms with Crippen LogP contribution < -0.4 is 0 Å².